The van der Waals surface area contributed by atoms with Gasteiger partial charge in [-0.1, -0.05) is 18.2 Å². The predicted octanol–water partition coefficient (Wildman–Crippen LogP) is 3.68. The molecule has 3 rings (SSSR count). The van der Waals surface area contributed by atoms with Gasteiger partial charge in [-0.15, -0.1) is 0 Å². The molecule has 0 atom stereocenters. The summed E-state index contributed by atoms with van der Waals surface area (Å²) in [6.45, 7) is 0.795. The van der Waals surface area contributed by atoms with E-state index in [9.17, 15) is 4.79 Å². The molecular weight excluding hydrogens is 362 g/mol. The second-order valence-electron chi connectivity index (χ2n) is 8.02. The summed E-state index contributed by atoms with van der Waals surface area (Å²) in [7, 11) is 7.31. The lowest BCUT2D eigenvalue weighted by atomic mass is 9.91. The van der Waals surface area contributed by atoms with Crippen LogP contribution in [0.5, 0.6) is 5.75 Å². The molecule has 0 aromatic heterocycles. The number of hydrogen-bond donors (Lipinski definition) is 2. The molecular formula is C24H33N3O2. The highest BCUT2D eigenvalue weighted by molar-refractivity contribution is 5.94. The molecule has 5 nitrogen and oxygen atoms in total. The lowest BCUT2D eigenvalue weighted by molar-refractivity contribution is 0.0827. The van der Waals surface area contributed by atoms with Crippen molar-refractivity contribution in [3.63, 3.8) is 0 Å². The van der Waals surface area contributed by atoms with Crippen LogP contribution in [0.1, 0.15) is 41.6 Å². The quantitative estimate of drug-likeness (QED) is 0.751. The van der Waals surface area contributed by atoms with Gasteiger partial charge in [0.2, 0.25) is 0 Å². The van der Waals surface area contributed by atoms with E-state index in [4.69, 9.17) is 4.74 Å². The summed E-state index contributed by atoms with van der Waals surface area (Å²) in [5.74, 6) is 0.925. The van der Waals surface area contributed by atoms with Crippen LogP contribution >= 0.6 is 0 Å². The number of benzene rings is 2. The fourth-order valence-corrected chi connectivity index (χ4v) is 4.00. The monoisotopic (exact) mass is 395 g/mol. The Labute approximate surface area is 174 Å². The molecule has 1 amide bonds. The number of carbonyl (C=O) groups is 1. The highest BCUT2D eigenvalue weighted by atomic mass is 16.5. The van der Waals surface area contributed by atoms with Crippen LogP contribution in [0.15, 0.2) is 42.5 Å². The zero-order valence-corrected chi connectivity index (χ0v) is 18.0. The van der Waals surface area contributed by atoms with Gasteiger partial charge in [0.05, 0.1) is 7.11 Å². The molecule has 0 radical (unpaired) electrons. The van der Waals surface area contributed by atoms with E-state index in [0.717, 1.165) is 29.0 Å². The summed E-state index contributed by atoms with van der Waals surface area (Å²) in [5.41, 5.74) is 4.09. The van der Waals surface area contributed by atoms with Gasteiger partial charge in [-0.3, -0.25) is 4.79 Å². The smallest absolute Gasteiger partial charge is 0.253 e. The number of ether oxygens (including phenoxy) is 1. The van der Waals surface area contributed by atoms with E-state index in [1.54, 1.807) is 26.1 Å². The largest absolute Gasteiger partial charge is 0.496 e. The standard InChI is InChI=1S/C24H33N3O2/c1-25-21-10-12-22(13-11-21)26-16-20-15-19(9-14-23(20)29-4)17-5-7-18(8-6-17)24(28)27(2)3/h5-9,14-15,21-22,25-26H,10-13,16H2,1-4H3/t21-,22-. The Bertz CT molecular complexity index is 809. The molecule has 2 aromatic carbocycles. The first-order valence-corrected chi connectivity index (χ1v) is 10.4. The minimum absolute atomic E-state index is 0.0177. The first-order chi connectivity index (χ1) is 14.0. The maximum absolute atomic E-state index is 12.1. The minimum atomic E-state index is 0.0177. The number of nitrogens with one attached hydrogen (secondary N) is 2. The van der Waals surface area contributed by atoms with Gasteiger partial charge in [-0.05, 0) is 68.1 Å². The maximum Gasteiger partial charge on any atom is 0.253 e. The SMILES string of the molecule is CN[C@H]1CC[C@H](NCc2cc(-c3ccc(C(=O)N(C)C)cc3)ccc2OC)CC1. The minimum Gasteiger partial charge on any atom is -0.496 e. The van der Waals surface area contributed by atoms with Crippen molar-refractivity contribution < 1.29 is 9.53 Å². The first-order valence-electron chi connectivity index (χ1n) is 10.4. The van der Waals surface area contributed by atoms with E-state index < -0.39 is 0 Å². The molecule has 0 unspecified atom stereocenters. The summed E-state index contributed by atoms with van der Waals surface area (Å²) in [5, 5.41) is 7.10. The average molecular weight is 396 g/mol. The Morgan fingerprint density at radius 2 is 1.62 bits per heavy atom. The molecule has 156 valence electrons. The topological polar surface area (TPSA) is 53.6 Å². The third kappa shape index (κ3) is 5.37. The molecule has 0 bridgehead atoms. The van der Waals surface area contributed by atoms with Gasteiger partial charge in [-0.25, -0.2) is 0 Å². The molecule has 1 aliphatic rings. The van der Waals surface area contributed by atoms with Gasteiger partial charge in [0, 0.05) is 43.9 Å². The Hall–Kier alpha value is -2.37. The zero-order valence-electron chi connectivity index (χ0n) is 18.0. The van der Waals surface area contributed by atoms with E-state index in [1.807, 2.05) is 30.3 Å². The van der Waals surface area contributed by atoms with Crippen molar-refractivity contribution in [3.8, 4) is 16.9 Å². The van der Waals surface area contributed by atoms with E-state index in [-0.39, 0.29) is 5.91 Å². The van der Waals surface area contributed by atoms with Crippen LogP contribution in [0.4, 0.5) is 0 Å². The predicted molar refractivity (Wildman–Crippen MR) is 118 cm³/mol. The van der Waals surface area contributed by atoms with E-state index in [0.29, 0.717) is 17.6 Å². The Balaban J connectivity index is 1.71. The summed E-state index contributed by atoms with van der Waals surface area (Å²) >= 11 is 0. The van der Waals surface area contributed by atoms with Crippen LogP contribution in [0.3, 0.4) is 0 Å². The summed E-state index contributed by atoms with van der Waals surface area (Å²) in [6.07, 6.45) is 4.86. The number of amides is 1. The number of carbonyl (C=O) groups excluding carboxylic acids is 1. The van der Waals surface area contributed by atoms with Crippen LogP contribution < -0.4 is 15.4 Å². The molecule has 2 aromatic rings. The second kappa shape index (κ2) is 9.90. The zero-order chi connectivity index (χ0) is 20.8. The molecule has 29 heavy (non-hydrogen) atoms. The third-order valence-corrected chi connectivity index (χ3v) is 5.87. The van der Waals surface area contributed by atoms with Gasteiger partial charge < -0.3 is 20.3 Å². The second-order valence-corrected chi connectivity index (χ2v) is 8.02. The number of methoxy groups -OCH3 is 1. The Morgan fingerprint density at radius 3 is 2.21 bits per heavy atom. The molecule has 5 heteroatoms. The first kappa shape index (κ1) is 21.3. The number of rotatable bonds is 7. The van der Waals surface area contributed by atoms with Crippen molar-refractivity contribution in [2.45, 2.75) is 44.3 Å². The molecule has 0 spiro atoms. The summed E-state index contributed by atoms with van der Waals surface area (Å²) in [4.78, 5) is 13.7. The molecule has 0 heterocycles. The van der Waals surface area contributed by atoms with Gasteiger partial charge >= 0.3 is 0 Å². The van der Waals surface area contributed by atoms with Gasteiger partial charge in [0.25, 0.3) is 5.91 Å². The lowest BCUT2D eigenvalue weighted by Crippen LogP contribution is -2.38. The van der Waals surface area contributed by atoms with Crippen molar-refractivity contribution in [3.05, 3.63) is 53.6 Å². The summed E-state index contributed by atoms with van der Waals surface area (Å²) < 4.78 is 5.59. The van der Waals surface area contributed by atoms with E-state index in [1.165, 1.54) is 25.7 Å². The Kier molecular flexibility index (Phi) is 7.29. The number of hydrogen-bond acceptors (Lipinski definition) is 4. The van der Waals surface area contributed by atoms with Crippen molar-refractivity contribution in [1.82, 2.24) is 15.5 Å². The van der Waals surface area contributed by atoms with Crippen LogP contribution in [-0.2, 0) is 6.54 Å². The molecule has 1 saturated carbocycles. The van der Waals surface area contributed by atoms with Crippen LogP contribution in [0.2, 0.25) is 0 Å². The highest BCUT2D eigenvalue weighted by Gasteiger charge is 2.20. The Morgan fingerprint density at radius 1 is 1.00 bits per heavy atom. The normalized spacial score (nSPS) is 19.0. The molecule has 0 saturated heterocycles. The van der Waals surface area contributed by atoms with Crippen molar-refractivity contribution in [2.75, 3.05) is 28.3 Å². The molecule has 1 fully saturated rings. The van der Waals surface area contributed by atoms with E-state index in [2.05, 4.69) is 29.8 Å². The molecule has 1 aliphatic carbocycles. The van der Waals surface area contributed by atoms with Crippen LogP contribution in [-0.4, -0.2) is 51.1 Å². The summed E-state index contributed by atoms with van der Waals surface area (Å²) in [6, 6.07) is 15.3. The van der Waals surface area contributed by atoms with Crippen LogP contribution in [0.25, 0.3) is 11.1 Å². The third-order valence-electron chi connectivity index (χ3n) is 5.87. The molecule has 0 aliphatic heterocycles. The van der Waals surface area contributed by atoms with Crippen LogP contribution in [0, 0.1) is 0 Å². The van der Waals surface area contributed by atoms with E-state index >= 15 is 0 Å². The lowest BCUT2D eigenvalue weighted by Gasteiger charge is -2.29. The van der Waals surface area contributed by atoms with Gasteiger partial charge in [-0.2, -0.15) is 0 Å². The highest BCUT2D eigenvalue weighted by Crippen LogP contribution is 2.28. The fourth-order valence-electron chi connectivity index (χ4n) is 4.00. The van der Waals surface area contributed by atoms with Crippen molar-refractivity contribution in [2.24, 2.45) is 0 Å². The van der Waals surface area contributed by atoms with Crippen molar-refractivity contribution >= 4 is 5.91 Å². The maximum atomic E-state index is 12.1. The number of nitrogens with zero attached hydrogens (tertiary/aromatic N) is 1. The average Bonchev–Trinajstić information content (AvgIpc) is 2.77. The fraction of sp³-hybridized carbons (Fsp3) is 0.458. The van der Waals surface area contributed by atoms with Gasteiger partial charge in [0.15, 0.2) is 0 Å². The van der Waals surface area contributed by atoms with Crippen molar-refractivity contribution in [1.29, 1.82) is 0 Å². The molecule has 2 N–H and O–H groups in total. The van der Waals surface area contributed by atoms with Gasteiger partial charge in [0.1, 0.15) is 5.75 Å².